The zero-order valence-corrected chi connectivity index (χ0v) is 19.8. The standard InChI is InChI=1S/C25H32ClN3O3/c1-15(2)13-29(14-16(3)4)23-10-5-17(20-12-21(20)24(30)31)11-22(23)28-25(32)27-19-8-6-18(26)7-9-19/h5-11,15-16,20-21H,12-14H2,1-4H3,(H,30,31)(H2,27,28,32)/t20-,21-/m1/s1. The van der Waals surface area contributed by atoms with Crippen molar-refractivity contribution in [2.24, 2.45) is 17.8 Å². The third-order valence-corrected chi connectivity index (χ3v) is 5.67. The summed E-state index contributed by atoms with van der Waals surface area (Å²) < 4.78 is 0. The summed E-state index contributed by atoms with van der Waals surface area (Å²) in [4.78, 5) is 26.4. The molecular weight excluding hydrogens is 426 g/mol. The molecule has 6 nitrogen and oxygen atoms in total. The van der Waals surface area contributed by atoms with Gasteiger partial charge in [0.2, 0.25) is 0 Å². The number of carboxylic acid groups (broad SMARTS) is 1. The van der Waals surface area contributed by atoms with Gasteiger partial charge in [0.15, 0.2) is 0 Å². The van der Waals surface area contributed by atoms with Gasteiger partial charge in [-0.2, -0.15) is 0 Å². The molecule has 0 heterocycles. The van der Waals surface area contributed by atoms with Gasteiger partial charge >= 0.3 is 12.0 Å². The van der Waals surface area contributed by atoms with E-state index in [-0.39, 0.29) is 17.9 Å². The molecular formula is C25H32ClN3O3. The molecule has 32 heavy (non-hydrogen) atoms. The van der Waals surface area contributed by atoms with Gasteiger partial charge in [-0.15, -0.1) is 0 Å². The van der Waals surface area contributed by atoms with Crippen molar-refractivity contribution in [3.8, 4) is 0 Å². The van der Waals surface area contributed by atoms with Gasteiger partial charge in [-0.25, -0.2) is 4.79 Å². The Balaban J connectivity index is 1.88. The van der Waals surface area contributed by atoms with E-state index in [0.29, 0.717) is 34.7 Å². The van der Waals surface area contributed by atoms with Crippen LogP contribution in [-0.4, -0.2) is 30.2 Å². The highest BCUT2D eigenvalue weighted by molar-refractivity contribution is 6.30. The highest BCUT2D eigenvalue weighted by Gasteiger charge is 2.44. The van der Waals surface area contributed by atoms with E-state index in [1.807, 2.05) is 18.2 Å². The van der Waals surface area contributed by atoms with E-state index in [2.05, 4.69) is 43.2 Å². The lowest BCUT2D eigenvalue weighted by Gasteiger charge is -2.30. The molecule has 0 spiro atoms. The number of urea groups is 1. The Morgan fingerprint density at radius 2 is 1.66 bits per heavy atom. The third-order valence-electron chi connectivity index (χ3n) is 5.42. The van der Waals surface area contributed by atoms with Gasteiger partial charge in [-0.3, -0.25) is 4.79 Å². The molecule has 0 saturated heterocycles. The molecule has 3 rings (SSSR count). The second-order valence-electron chi connectivity index (χ2n) is 9.34. The van der Waals surface area contributed by atoms with Crippen LogP contribution in [0.25, 0.3) is 0 Å². The third kappa shape index (κ3) is 6.39. The molecule has 1 aliphatic rings. The van der Waals surface area contributed by atoms with E-state index in [9.17, 15) is 14.7 Å². The number of carboxylic acids is 1. The SMILES string of the molecule is CC(C)CN(CC(C)C)c1ccc([C@H]2C[C@H]2C(=O)O)cc1NC(=O)Nc1ccc(Cl)cc1. The molecule has 3 N–H and O–H groups in total. The van der Waals surface area contributed by atoms with Gasteiger partial charge in [-0.1, -0.05) is 45.4 Å². The number of aliphatic carboxylic acids is 1. The summed E-state index contributed by atoms with van der Waals surface area (Å²) in [5.41, 5.74) is 3.21. The minimum atomic E-state index is -0.768. The molecule has 0 aliphatic heterocycles. The summed E-state index contributed by atoms with van der Waals surface area (Å²) in [6.07, 6.45) is 0.632. The van der Waals surface area contributed by atoms with Gasteiger partial charge < -0.3 is 20.6 Å². The zero-order chi connectivity index (χ0) is 23.4. The topological polar surface area (TPSA) is 81.7 Å². The summed E-state index contributed by atoms with van der Waals surface area (Å²) in [7, 11) is 0. The lowest BCUT2D eigenvalue weighted by Crippen LogP contribution is -2.32. The molecule has 2 atom stereocenters. The fourth-order valence-electron chi connectivity index (χ4n) is 3.97. The summed E-state index contributed by atoms with van der Waals surface area (Å²) in [5.74, 6) is -0.229. The number of rotatable bonds is 9. The number of nitrogens with one attached hydrogen (secondary N) is 2. The van der Waals surface area contributed by atoms with Crippen molar-refractivity contribution in [1.29, 1.82) is 0 Å². The fraction of sp³-hybridized carbons (Fsp3) is 0.440. The van der Waals surface area contributed by atoms with Crippen molar-refractivity contribution in [3.05, 3.63) is 53.1 Å². The normalized spacial score (nSPS) is 17.3. The average Bonchev–Trinajstić information content (AvgIpc) is 3.50. The van der Waals surface area contributed by atoms with Gasteiger partial charge in [0, 0.05) is 23.8 Å². The number of nitrogens with zero attached hydrogens (tertiary/aromatic N) is 1. The molecule has 1 saturated carbocycles. The lowest BCUT2D eigenvalue weighted by atomic mass is 10.0. The van der Waals surface area contributed by atoms with E-state index in [1.54, 1.807) is 24.3 Å². The van der Waals surface area contributed by atoms with Crippen LogP contribution >= 0.6 is 11.6 Å². The van der Waals surface area contributed by atoms with Crippen LogP contribution < -0.4 is 15.5 Å². The van der Waals surface area contributed by atoms with Crippen LogP contribution in [0.4, 0.5) is 21.9 Å². The Morgan fingerprint density at radius 3 is 2.19 bits per heavy atom. The number of carbonyl (C=O) groups excluding carboxylic acids is 1. The van der Waals surface area contributed by atoms with Gasteiger partial charge in [-0.05, 0) is 66.1 Å². The highest BCUT2D eigenvalue weighted by Crippen LogP contribution is 2.49. The Labute approximate surface area is 195 Å². The zero-order valence-electron chi connectivity index (χ0n) is 19.1. The Morgan fingerprint density at radius 1 is 1.03 bits per heavy atom. The number of carbonyl (C=O) groups is 2. The molecule has 2 aromatic rings. The molecule has 0 unspecified atom stereocenters. The van der Waals surface area contributed by atoms with Crippen LogP contribution in [0, 0.1) is 17.8 Å². The first-order valence-corrected chi connectivity index (χ1v) is 11.5. The number of benzene rings is 2. The fourth-order valence-corrected chi connectivity index (χ4v) is 4.09. The minimum absolute atomic E-state index is 0.00919. The quantitative estimate of drug-likeness (QED) is 0.413. The van der Waals surface area contributed by atoms with Crippen LogP contribution in [0.2, 0.25) is 5.02 Å². The predicted molar refractivity (Wildman–Crippen MR) is 131 cm³/mol. The van der Waals surface area contributed by atoms with Crippen LogP contribution in [0.5, 0.6) is 0 Å². The maximum Gasteiger partial charge on any atom is 0.323 e. The van der Waals surface area contributed by atoms with Gasteiger partial charge in [0.25, 0.3) is 0 Å². The van der Waals surface area contributed by atoms with Crippen molar-refractivity contribution < 1.29 is 14.7 Å². The molecule has 0 bridgehead atoms. The lowest BCUT2D eigenvalue weighted by molar-refractivity contribution is -0.138. The maximum absolute atomic E-state index is 12.8. The molecule has 1 fully saturated rings. The number of amides is 2. The molecule has 1 aliphatic carbocycles. The monoisotopic (exact) mass is 457 g/mol. The summed E-state index contributed by atoms with van der Waals surface area (Å²) in [5, 5.41) is 15.8. The maximum atomic E-state index is 12.8. The van der Waals surface area contributed by atoms with Crippen LogP contribution in [-0.2, 0) is 4.79 Å². The molecule has 7 heteroatoms. The molecule has 0 aromatic heterocycles. The molecule has 2 amide bonds. The predicted octanol–water partition coefficient (Wildman–Crippen LogP) is 6.29. The number of hydrogen-bond acceptors (Lipinski definition) is 3. The van der Waals surface area contributed by atoms with Crippen molar-refractivity contribution in [1.82, 2.24) is 0 Å². The van der Waals surface area contributed by atoms with E-state index >= 15 is 0 Å². The van der Waals surface area contributed by atoms with E-state index in [1.165, 1.54) is 0 Å². The summed E-state index contributed by atoms with van der Waals surface area (Å²) >= 11 is 5.93. The Kier molecular flexibility index (Phi) is 7.67. The van der Waals surface area contributed by atoms with E-state index in [0.717, 1.165) is 24.3 Å². The first-order valence-electron chi connectivity index (χ1n) is 11.1. The smallest absolute Gasteiger partial charge is 0.323 e. The number of hydrogen-bond donors (Lipinski definition) is 3. The van der Waals surface area contributed by atoms with Crippen LogP contribution in [0.15, 0.2) is 42.5 Å². The van der Waals surface area contributed by atoms with Crippen molar-refractivity contribution in [3.63, 3.8) is 0 Å². The molecule has 172 valence electrons. The van der Waals surface area contributed by atoms with Crippen LogP contribution in [0.3, 0.4) is 0 Å². The first kappa shape index (κ1) is 23.9. The molecule has 0 radical (unpaired) electrons. The average molecular weight is 458 g/mol. The first-order chi connectivity index (χ1) is 15.1. The second kappa shape index (κ2) is 10.3. The largest absolute Gasteiger partial charge is 0.481 e. The van der Waals surface area contributed by atoms with Gasteiger partial charge in [0.05, 0.1) is 17.3 Å². The van der Waals surface area contributed by atoms with E-state index in [4.69, 9.17) is 11.6 Å². The summed E-state index contributed by atoms with van der Waals surface area (Å²) in [6.45, 7) is 10.4. The summed E-state index contributed by atoms with van der Waals surface area (Å²) in [6, 6.07) is 12.5. The second-order valence-corrected chi connectivity index (χ2v) is 9.78. The van der Waals surface area contributed by atoms with Crippen molar-refractivity contribution in [2.45, 2.75) is 40.0 Å². The number of anilines is 3. The highest BCUT2D eigenvalue weighted by atomic mass is 35.5. The Hall–Kier alpha value is -2.73. The Bertz CT molecular complexity index is 949. The van der Waals surface area contributed by atoms with E-state index < -0.39 is 5.97 Å². The minimum Gasteiger partial charge on any atom is -0.481 e. The molecule has 2 aromatic carbocycles. The number of halogens is 1. The van der Waals surface area contributed by atoms with Crippen molar-refractivity contribution >= 4 is 40.7 Å². The van der Waals surface area contributed by atoms with Crippen molar-refractivity contribution in [2.75, 3.05) is 28.6 Å². The van der Waals surface area contributed by atoms with Gasteiger partial charge in [0.1, 0.15) is 0 Å². The van der Waals surface area contributed by atoms with Crippen LogP contribution in [0.1, 0.15) is 45.6 Å².